The highest BCUT2D eigenvalue weighted by atomic mass is 31.1. The molecule has 0 amide bonds. The van der Waals surface area contributed by atoms with E-state index < -0.39 is 77.2 Å². The maximum absolute atomic E-state index is 13.9. The fraction of sp³-hybridized carbons (Fsp3) is 0.267. The van der Waals surface area contributed by atoms with Crippen LogP contribution in [0.2, 0.25) is 0 Å². The third kappa shape index (κ3) is 7.31. The average molecular weight is 655 g/mol. The van der Waals surface area contributed by atoms with Crippen LogP contribution in [0.4, 0.5) is 52.7 Å². The number of alkyl halides is 12. The van der Waals surface area contributed by atoms with Crippen LogP contribution >= 0.6 is 7.92 Å². The smallest absolute Gasteiger partial charge is 0.299 e. The van der Waals surface area contributed by atoms with E-state index in [9.17, 15) is 52.7 Å². The Hall–Kier alpha value is -3.31. The standard InChI is InChI=1S/C30H22F12NP/c1-43(2)26(17-7-4-3-5-8-17)24-9-6-10-25(24)44(22-13-18(27(31,32)33)11-19(14-22)28(34,35)36)23-15-20(29(37,38)39)12-21(16-23)30(40,41)42/h3-16,25-26H,1-2H3/t25?,26-/m1/s1. The summed E-state index contributed by atoms with van der Waals surface area (Å²) in [7, 11) is 0.492. The van der Waals surface area contributed by atoms with E-state index >= 15 is 0 Å². The van der Waals surface area contributed by atoms with E-state index in [-0.39, 0.29) is 12.1 Å². The fourth-order valence-electron chi connectivity index (χ4n) is 5.02. The van der Waals surface area contributed by atoms with Gasteiger partial charge in [-0.05, 0) is 80.2 Å². The van der Waals surface area contributed by atoms with E-state index in [1.165, 1.54) is 18.2 Å². The monoisotopic (exact) mass is 655 g/mol. The van der Waals surface area contributed by atoms with Gasteiger partial charge >= 0.3 is 24.7 Å². The second-order valence-corrected chi connectivity index (χ2v) is 12.5. The number of likely N-dealkylation sites (N-methyl/N-ethyl adjacent to an activating group) is 1. The molecule has 0 aromatic heterocycles. The van der Waals surface area contributed by atoms with Gasteiger partial charge in [0.1, 0.15) is 0 Å². The first-order valence-electron chi connectivity index (χ1n) is 12.7. The van der Waals surface area contributed by atoms with Crippen LogP contribution in [-0.4, -0.2) is 24.7 Å². The highest BCUT2D eigenvalue weighted by molar-refractivity contribution is 7.74. The molecular weight excluding hydrogens is 633 g/mol. The van der Waals surface area contributed by atoms with Crippen molar-refractivity contribution in [1.82, 2.24) is 4.90 Å². The van der Waals surface area contributed by atoms with E-state index in [1.807, 2.05) is 0 Å². The normalized spacial score (nSPS) is 17.0. The molecule has 1 unspecified atom stereocenters. The number of hydrogen-bond acceptors (Lipinski definition) is 1. The van der Waals surface area contributed by atoms with Gasteiger partial charge in [0.05, 0.1) is 28.3 Å². The predicted molar refractivity (Wildman–Crippen MR) is 143 cm³/mol. The van der Waals surface area contributed by atoms with Gasteiger partial charge in [-0.15, -0.1) is 0 Å². The minimum absolute atomic E-state index is 0.141. The Kier molecular flexibility index (Phi) is 9.07. The summed E-state index contributed by atoms with van der Waals surface area (Å²) in [6.45, 7) is 0. The van der Waals surface area contributed by atoms with Crippen LogP contribution in [0.5, 0.6) is 0 Å². The van der Waals surface area contributed by atoms with Crippen molar-refractivity contribution < 1.29 is 52.7 Å². The molecule has 0 radical (unpaired) electrons. The van der Waals surface area contributed by atoms with Crippen LogP contribution in [0.3, 0.4) is 0 Å². The lowest BCUT2D eigenvalue weighted by Gasteiger charge is -2.35. The van der Waals surface area contributed by atoms with Crippen molar-refractivity contribution in [1.29, 1.82) is 0 Å². The maximum atomic E-state index is 13.9. The van der Waals surface area contributed by atoms with Crippen molar-refractivity contribution in [3.63, 3.8) is 0 Å². The number of rotatable bonds is 6. The number of nitrogens with zero attached hydrogens (tertiary/aromatic N) is 1. The van der Waals surface area contributed by atoms with Gasteiger partial charge in [0.15, 0.2) is 0 Å². The zero-order chi connectivity index (χ0) is 32.8. The number of hydrogen-bond donors (Lipinski definition) is 0. The molecule has 0 fully saturated rings. The number of allylic oxidation sites excluding steroid dienone is 3. The quantitative estimate of drug-likeness (QED) is 0.189. The number of benzene rings is 3. The van der Waals surface area contributed by atoms with Gasteiger partial charge in [0, 0.05) is 5.66 Å². The molecular formula is C30H22F12NP. The van der Waals surface area contributed by atoms with Gasteiger partial charge in [0.25, 0.3) is 0 Å². The summed E-state index contributed by atoms with van der Waals surface area (Å²) >= 11 is 0. The lowest BCUT2D eigenvalue weighted by molar-refractivity contribution is -0.144. The minimum atomic E-state index is -5.30. The molecule has 14 heteroatoms. The van der Waals surface area contributed by atoms with Crippen LogP contribution in [-0.2, 0) is 24.7 Å². The van der Waals surface area contributed by atoms with Crippen molar-refractivity contribution in [3.8, 4) is 0 Å². The zero-order valence-corrected chi connectivity index (χ0v) is 23.6. The second kappa shape index (κ2) is 11.9. The van der Waals surface area contributed by atoms with Crippen molar-refractivity contribution in [2.75, 3.05) is 14.1 Å². The second-order valence-electron chi connectivity index (χ2n) is 10.2. The summed E-state index contributed by atoms with van der Waals surface area (Å²) in [5.41, 5.74) is -7.13. The van der Waals surface area contributed by atoms with E-state index in [2.05, 4.69) is 0 Å². The molecule has 1 nitrogen and oxygen atoms in total. The molecule has 3 aromatic carbocycles. The Morgan fingerprint density at radius 2 is 0.977 bits per heavy atom. The Morgan fingerprint density at radius 1 is 0.591 bits per heavy atom. The highest BCUT2D eigenvalue weighted by Gasteiger charge is 2.42. The van der Waals surface area contributed by atoms with E-state index in [1.54, 1.807) is 49.3 Å². The van der Waals surface area contributed by atoms with Crippen LogP contribution in [0.1, 0.15) is 33.9 Å². The summed E-state index contributed by atoms with van der Waals surface area (Å²) in [4.78, 5) is 1.68. The average Bonchev–Trinajstić information content (AvgIpc) is 3.35. The SMILES string of the molecule is CN(C)[C@@H](C1=CC=CC1P(c1cc(C(F)(F)F)cc(C(F)(F)F)c1)c1cc(C(F)(F)F)cc(C(F)(F)F)c1)c1ccccc1. The molecule has 236 valence electrons. The summed E-state index contributed by atoms with van der Waals surface area (Å²) in [5.74, 6) is 0. The summed E-state index contributed by atoms with van der Waals surface area (Å²) < 4.78 is 166. The van der Waals surface area contributed by atoms with Crippen molar-refractivity contribution >= 4 is 18.5 Å². The van der Waals surface area contributed by atoms with E-state index in [0.29, 0.717) is 35.4 Å². The first-order chi connectivity index (χ1) is 20.2. The van der Waals surface area contributed by atoms with Crippen molar-refractivity contribution in [2.24, 2.45) is 0 Å². The van der Waals surface area contributed by atoms with Gasteiger partial charge < -0.3 is 0 Å². The van der Waals surface area contributed by atoms with E-state index in [4.69, 9.17) is 0 Å². The largest absolute Gasteiger partial charge is 0.416 e. The third-order valence-electron chi connectivity index (χ3n) is 6.85. The van der Waals surface area contributed by atoms with Gasteiger partial charge in [-0.25, -0.2) is 0 Å². The molecule has 3 aromatic rings. The molecule has 0 spiro atoms. The predicted octanol–water partition coefficient (Wildman–Crippen LogP) is 9.36. The van der Waals surface area contributed by atoms with Gasteiger partial charge in [-0.3, -0.25) is 4.90 Å². The summed E-state index contributed by atoms with van der Waals surface area (Å²) in [6, 6.07) is 8.95. The maximum Gasteiger partial charge on any atom is 0.416 e. The Balaban J connectivity index is 2.07. The van der Waals surface area contributed by atoms with Crippen LogP contribution in [0.15, 0.2) is 90.5 Å². The minimum Gasteiger partial charge on any atom is -0.299 e. The van der Waals surface area contributed by atoms with Crippen molar-refractivity contribution in [2.45, 2.75) is 36.4 Å². The molecule has 4 rings (SSSR count). The van der Waals surface area contributed by atoms with Crippen LogP contribution in [0, 0.1) is 0 Å². The molecule has 0 bridgehead atoms. The molecule has 2 atom stereocenters. The first kappa shape index (κ1) is 33.6. The summed E-state index contributed by atoms with van der Waals surface area (Å²) in [5, 5.41) is -1.38. The molecule has 0 saturated carbocycles. The Labute approximate surface area is 245 Å². The molecule has 1 aliphatic carbocycles. The van der Waals surface area contributed by atoms with Gasteiger partial charge in [-0.2, -0.15) is 52.7 Å². The lowest BCUT2D eigenvalue weighted by Crippen LogP contribution is -2.30. The van der Waals surface area contributed by atoms with Gasteiger partial charge in [-0.1, -0.05) is 48.6 Å². The summed E-state index contributed by atoms with van der Waals surface area (Å²) in [6.07, 6.45) is -16.9. The molecule has 0 aliphatic heterocycles. The van der Waals surface area contributed by atoms with Crippen molar-refractivity contribution in [3.05, 3.63) is 118 Å². The molecule has 0 saturated heterocycles. The van der Waals surface area contributed by atoms with Crippen LogP contribution < -0.4 is 10.6 Å². The Bertz CT molecular complexity index is 1410. The fourth-order valence-corrected chi connectivity index (χ4v) is 7.87. The highest BCUT2D eigenvalue weighted by Crippen LogP contribution is 2.52. The number of halogens is 12. The first-order valence-corrected chi connectivity index (χ1v) is 14.1. The molecule has 0 N–H and O–H groups in total. The third-order valence-corrected chi connectivity index (χ3v) is 9.51. The lowest BCUT2D eigenvalue weighted by atomic mass is 9.97. The zero-order valence-electron chi connectivity index (χ0n) is 22.7. The molecule has 44 heavy (non-hydrogen) atoms. The Morgan fingerprint density at radius 3 is 1.32 bits per heavy atom. The van der Waals surface area contributed by atoms with E-state index in [0.717, 1.165) is 0 Å². The molecule has 0 heterocycles. The molecule has 1 aliphatic rings. The van der Waals surface area contributed by atoms with Crippen LogP contribution in [0.25, 0.3) is 0 Å². The van der Waals surface area contributed by atoms with Gasteiger partial charge in [0.2, 0.25) is 0 Å². The topological polar surface area (TPSA) is 3.24 Å².